The molecule has 1 amide bonds. The number of amides is 1. The van der Waals surface area contributed by atoms with Crippen LogP contribution in [0.5, 0.6) is 5.75 Å². The van der Waals surface area contributed by atoms with Gasteiger partial charge in [-0.3, -0.25) is 4.79 Å². The first-order valence-electron chi connectivity index (χ1n) is 9.48. The van der Waals surface area contributed by atoms with Crippen molar-refractivity contribution in [2.45, 2.75) is 13.1 Å². The lowest BCUT2D eigenvalue weighted by Crippen LogP contribution is -2.22. The second-order valence-corrected chi connectivity index (χ2v) is 6.73. The maximum atomic E-state index is 13.1. The Kier molecular flexibility index (Phi) is 7.04. The van der Waals surface area contributed by atoms with Gasteiger partial charge in [-0.25, -0.2) is 4.79 Å². The summed E-state index contributed by atoms with van der Waals surface area (Å²) >= 11 is 0. The number of methoxy groups -OCH3 is 1. The van der Waals surface area contributed by atoms with Crippen molar-refractivity contribution in [3.63, 3.8) is 0 Å². The summed E-state index contributed by atoms with van der Waals surface area (Å²) in [6, 6.07) is 9.66. The molecule has 7 nitrogen and oxygen atoms in total. The first-order valence-corrected chi connectivity index (χ1v) is 9.48. The number of para-hydroxylation sites is 1. The Morgan fingerprint density at radius 3 is 2.53 bits per heavy atom. The van der Waals surface area contributed by atoms with E-state index in [0.717, 1.165) is 23.6 Å². The van der Waals surface area contributed by atoms with Crippen LogP contribution < -0.4 is 10.1 Å². The van der Waals surface area contributed by atoms with Crippen LogP contribution >= 0.6 is 0 Å². The molecule has 0 saturated heterocycles. The minimum Gasteiger partial charge on any atom is -0.489 e. The molecular formula is C22H20F3NO6. The van der Waals surface area contributed by atoms with E-state index in [1.54, 1.807) is 31.2 Å². The Morgan fingerprint density at radius 1 is 1.09 bits per heavy atom. The van der Waals surface area contributed by atoms with E-state index in [2.05, 4.69) is 5.32 Å². The average Bonchev–Trinajstić information content (AvgIpc) is 3.09. The summed E-state index contributed by atoms with van der Waals surface area (Å²) in [5, 5.41) is 3.01. The number of anilines is 1. The highest BCUT2D eigenvalue weighted by Crippen LogP contribution is 2.35. The van der Waals surface area contributed by atoms with Crippen molar-refractivity contribution in [1.82, 2.24) is 0 Å². The van der Waals surface area contributed by atoms with Gasteiger partial charge < -0.3 is 23.9 Å². The number of alkyl halides is 3. The Balaban J connectivity index is 1.70. The lowest BCUT2D eigenvalue weighted by molar-refractivity contribution is -0.137. The summed E-state index contributed by atoms with van der Waals surface area (Å²) in [5.41, 5.74) is -0.139. The number of rotatable bonds is 8. The molecule has 0 aliphatic carbocycles. The van der Waals surface area contributed by atoms with Crippen LogP contribution in [0.4, 0.5) is 18.9 Å². The predicted molar refractivity (Wildman–Crippen MR) is 109 cm³/mol. The molecule has 0 aliphatic heterocycles. The van der Waals surface area contributed by atoms with E-state index in [9.17, 15) is 22.8 Å². The maximum absolute atomic E-state index is 13.1. The number of halogens is 3. The number of hydrogen-bond acceptors (Lipinski definition) is 6. The minimum absolute atomic E-state index is 0.0165. The van der Waals surface area contributed by atoms with Crippen molar-refractivity contribution in [2.24, 2.45) is 0 Å². The fraction of sp³-hybridized carbons (Fsp3) is 0.273. The van der Waals surface area contributed by atoms with Crippen LogP contribution in [0, 0.1) is 6.92 Å². The molecule has 1 N–H and O–H groups in total. The van der Waals surface area contributed by atoms with E-state index in [1.807, 2.05) is 0 Å². The van der Waals surface area contributed by atoms with Gasteiger partial charge in [-0.1, -0.05) is 18.2 Å². The fourth-order valence-electron chi connectivity index (χ4n) is 2.92. The Morgan fingerprint density at radius 2 is 1.84 bits per heavy atom. The molecule has 0 atom stereocenters. The summed E-state index contributed by atoms with van der Waals surface area (Å²) in [6.45, 7) is 1.20. The number of furan rings is 1. The number of carbonyl (C=O) groups excluding carboxylic acids is 2. The first-order chi connectivity index (χ1) is 15.2. The largest absolute Gasteiger partial charge is 0.489 e. The molecule has 3 rings (SSSR count). The van der Waals surface area contributed by atoms with Gasteiger partial charge in [0.15, 0.2) is 6.61 Å². The average molecular weight is 451 g/mol. The topological polar surface area (TPSA) is 87.0 Å². The zero-order chi connectivity index (χ0) is 23.3. The van der Waals surface area contributed by atoms with Gasteiger partial charge >= 0.3 is 12.1 Å². The van der Waals surface area contributed by atoms with Crippen LogP contribution in [-0.4, -0.2) is 38.8 Å². The summed E-state index contributed by atoms with van der Waals surface area (Å²) in [6.07, 6.45) is -4.62. The van der Waals surface area contributed by atoms with E-state index in [0.29, 0.717) is 11.1 Å². The Labute approximate surface area is 181 Å². The van der Waals surface area contributed by atoms with Crippen LogP contribution in [0.2, 0.25) is 0 Å². The van der Waals surface area contributed by atoms with Crippen molar-refractivity contribution < 1.29 is 41.4 Å². The number of fused-ring (bicyclic) bond motifs is 1. The number of nitrogens with one attached hydrogen (secondary N) is 1. The fourth-order valence-corrected chi connectivity index (χ4v) is 2.92. The molecule has 0 saturated carbocycles. The SMILES string of the molecule is COCCOc1ccc(C(F)(F)F)cc1NC(=O)COC(=O)c1oc2ccccc2c1C. The van der Waals surface area contributed by atoms with Gasteiger partial charge in [-0.05, 0) is 31.2 Å². The zero-order valence-corrected chi connectivity index (χ0v) is 17.2. The van der Waals surface area contributed by atoms with Gasteiger partial charge in [0.25, 0.3) is 5.91 Å². The molecule has 0 radical (unpaired) electrons. The first kappa shape index (κ1) is 23.1. The van der Waals surface area contributed by atoms with E-state index in [-0.39, 0.29) is 30.4 Å². The van der Waals surface area contributed by atoms with E-state index in [4.69, 9.17) is 18.6 Å². The second-order valence-electron chi connectivity index (χ2n) is 6.73. The smallest absolute Gasteiger partial charge is 0.416 e. The molecule has 0 unspecified atom stereocenters. The molecule has 1 heterocycles. The van der Waals surface area contributed by atoms with Crippen LogP contribution in [0.3, 0.4) is 0 Å². The van der Waals surface area contributed by atoms with Crippen LogP contribution in [0.25, 0.3) is 11.0 Å². The lowest BCUT2D eigenvalue weighted by Gasteiger charge is -2.15. The van der Waals surface area contributed by atoms with Crippen LogP contribution in [-0.2, 0) is 20.4 Å². The number of ether oxygens (including phenoxy) is 3. The number of aryl methyl sites for hydroxylation is 1. The molecule has 32 heavy (non-hydrogen) atoms. The highest BCUT2D eigenvalue weighted by atomic mass is 19.4. The third-order valence-corrected chi connectivity index (χ3v) is 4.49. The molecule has 3 aromatic rings. The third-order valence-electron chi connectivity index (χ3n) is 4.49. The van der Waals surface area contributed by atoms with Crippen LogP contribution in [0.15, 0.2) is 46.9 Å². The predicted octanol–water partition coefficient (Wildman–Crippen LogP) is 4.58. The third kappa shape index (κ3) is 5.38. The van der Waals surface area contributed by atoms with Gasteiger partial charge in [0.2, 0.25) is 5.76 Å². The Hall–Kier alpha value is -3.53. The van der Waals surface area contributed by atoms with E-state index < -0.39 is 30.2 Å². The summed E-state index contributed by atoms with van der Waals surface area (Å²) < 4.78 is 59.8. The normalized spacial score (nSPS) is 11.4. The molecule has 0 spiro atoms. The van der Waals surface area contributed by atoms with Crippen molar-refractivity contribution >= 4 is 28.5 Å². The second kappa shape index (κ2) is 9.73. The number of esters is 1. The monoisotopic (exact) mass is 451 g/mol. The van der Waals surface area contributed by atoms with Gasteiger partial charge in [-0.15, -0.1) is 0 Å². The lowest BCUT2D eigenvalue weighted by atomic mass is 10.1. The van der Waals surface area contributed by atoms with Crippen LogP contribution in [0.1, 0.15) is 21.7 Å². The van der Waals surface area contributed by atoms with Crippen molar-refractivity contribution in [2.75, 3.05) is 32.2 Å². The minimum atomic E-state index is -4.62. The zero-order valence-electron chi connectivity index (χ0n) is 17.2. The standard InChI is InChI=1S/C22H20F3NO6/c1-13-15-5-3-4-6-17(15)32-20(13)21(28)31-12-19(27)26-16-11-14(22(23,24)25)7-8-18(16)30-10-9-29-2/h3-8,11H,9-10,12H2,1-2H3,(H,26,27). The number of carbonyl (C=O) groups is 2. The maximum Gasteiger partial charge on any atom is 0.416 e. The molecule has 1 aromatic heterocycles. The van der Waals surface area contributed by atoms with Crippen molar-refractivity contribution in [3.8, 4) is 5.75 Å². The van der Waals surface area contributed by atoms with Gasteiger partial charge in [0.05, 0.1) is 17.9 Å². The summed E-state index contributed by atoms with van der Waals surface area (Å²) in [4.78, 5) is 24.6. The Bertz CT molecular complexity index is 1120. The van der Waals surface area contributed by atoms with Gasteiger partial charge in [0, 0.05) is 18.1 Å². The van der Waals surface area contributed by atoms with E-state index >= 15 is 0 Å². The summed E-state index contributed by atoms with van der Waals surface area (Å²) in [5.74, 6) is -1.75. The highest BCUT2D eigenvalue weighted by molar-refractivity contribution is 5.98. The molecule has 0 aliphatic rings. The van der Waals surface area contributed by atoms with E-state index in [1.165, 1.54) is 7.11 Å². The summed E-state index contributed by atoms with van der Waals surface area (Å²) in [7, 11) is 1.44. The van der Waals surface area contributed by atoms with Crippen molar-refractivity contribution in [3.05, 3.63) is 59.4 Å². The number of hydrogen-bond donors (Lipinski definition) is 1. The molecule has 10 heteroatoms. The molecule has 170 valence electrons. The highest BCUT2D eigenvalue weighted by Gasteiger charge is 2.31. The number of benzene rings is 2. The van der Waals surface area contributed by atoms with Gasteiger partial charge in [-0.2, -0.15) is 13.2 Å². The molecule has 2 aromatic carbocycles. The van der Waals surface area contributed by atoms with Gasteiger partial charge in [0.1, 0.15) is 17.9 Å². The quantitative estimate of drug-likeness (QED) is 0.399. The molecular weight excluding hydrogens is 431 g/mol. The molecule has 0 fully saturated rings. The van der Waals surface area contributed by atoms with Crippen molar-refractivity contribution in [1.29, 1.82) is 0 Å². The molecule has 0 bridgehead atoms.